The van der Waals surface area contributed by atoms with Crippen LogP contribution in [0, 0.1) is 0 Å². The largest absolute Gasteiger partial charge is 0.511 e. The SMILES string of the molecule is O=C1CC(c2ccccc2)CC(=Nc2ccccc2)C1=C(O)CCc1noc2c1C(=O)CC(c1ccccc1)C2. The van der Waals surface area contributed by atoms with Gasteiger partial charge in [0.2, 0.25) is 0 Å². The molecule has 0 saturated heterocycles. The van der Waals surface area contributed by atoms with E-state index in [9.17, 15) is 14.7 Å². The lowest BCUT2D eigenvalue weighted by atomic mass is 9.78. The Balaban J connectivity index is 1.25. The van der Waals surface area contributed by atoms with Crippen LogP contribution in [0.3, 0.4) is 0 Å². The van der Waals surface area contributed by atoms with Crippen LogP contribution in [0.2, 0.25) is 0 Å². The minimum Gasteiger partial charge on any atom is -0.511 e. The first-order valence-corrected chi connectivity index (χ1v) is 13.8. The fourth-order valence-electron chi connectivity index (χ4n) is 5.88. The Labute approximate surface area is 233 Å². The zero-order valence-electron chi connectivity index (χ0n) is 22.1. The third kappa shape index (κ3) is 5.30. The minimum absolute atomic E-state index is 0.00395. The summed E-state index contributed by atoms with van der Waals surface area (Å²) in [5.74, 6) is 0.504. The molecule has 0 aliphatic heterocycles. The molecule has 6 heteroatoms. The number of hydrogen-bond acceptors (Lipinski definition) is 6. The molecule has 200 valence electrons. The molecule has 1 saturated carbocycles. The van der Waals surface area contributed by atoms with Crippen molar-refractivity contribution < 1.29 is 19.2 Å². The van der Waals surface area contributed by atoms with Crippen LogP contribution in [0.1, 0.15) is 70.5 Å². The third-order valence-electron chi connectivity index (χ3n) is 7.86. The lowest BCUT2D eigenvalue weighted by molar-refractivity contribution is -0.116. The smallest absolute Gasteiger partial charge is 0.168 e. The molecule has 1 fully saturated rings. The number of carbonyl (C=O) groups excluding carboxylic acids is 2. The Morgan fingerprint density at radius 2 is 1.35 bits per heavy atom. The van der Waals surface area contributed by atoms with E-state index < -0.39 is 0 Å². The van der Waals surface area contributed by atoms with Gasteiger partial charge in [-0.15, -0.1) is 0 Å². The molecule has 2 aliphatic carbocycles. The van der Waals surface area contributed by atoms with E-state index >= 15 is 0 Å². The number of aryl methyl sites for hydroxylation is 1. The molecule has 40 heavy (non-hydrogen) atoms. The molecule has 2 unspecified atom stereocenters. The number of fused-ring (bicyclic) bond motifs is 1. The number of aliphatic hydroxyl groups is 1. The van der Waals surface area contributed by atoms with E-state index in [1.54, 1.807) is 0 Å². The summed E-state index contributed by atoms with van der Waals surface area (Å²) in [7, 11) is 0. The van der Waals surface area contributed by atoms with Gasteiger partial charge in [0.25, 0.3) is 0 Å². The molecule has 1 heterocycles. The van der Waals surface area contributed by atoms with E-state index in [-0.39, 0.29) is 41.2 Å². The summed E-state index contributed by atoms with van der Waals surface area (Å²) in [5, 5.41) is 15.5. The van der Waals surface area contributed by atoms with Crippen molar-refractivity contribution in [1.82, 2.24) is 5.16 Å². The van der Waals surface area contributed by atoms with Crippen LogP contribution in [0.5, 0.6) is 0 Å². The predicted molar refractivity (Wildman–Crippen MR) is 153 cm³/mol. The van der Waals surface area contributed by atoms with Gasteiger partial charge in [0.15, 0.2) is 11.6 Å². The van der Waals surface area contributed by atoms with E-state index in [0.29, 0.717) is 54.8 Å². The number of aliphatic hydroxyl groups excluding tert-OH is 1. The molecule has 3 aromatic carbocycles. The summed E-state index contributed by atoms with van der Waals surface area (Å²) < 4.78 is 5.61. The Kier molecular flexibility index (Phi) is 7.23. The molecule has 0 radical (unpaired) electrons. The molecule has 6 nitrogen and oxygen atoms in total. The highest BCUT2D eigenvalue weighted by molar-refractivity contribution is 6.25. The first-order chi connectivity index (χ1) is 19.6. The molecule has 6 rings (SSSR count). The highest BCUT2D eigenvalue weighted by Crippen LogP contribution is 2.37. The molecule has 1 N–H and O–H groups in total. The Morgan fingerprint density at radius 1 is 0.775 bits per heavy atom. The Morgan fingerprint density at radius 3 is 2.00 bits per heavy atom. The van der Waals surface area contributed by atoms with E-state index in [0.717, 1.165) is 16.8 Å². The van der Waals surface area contributed by atoms with Crippen molar-refractivity contribution in [1.29, 1.82) is 0 Å². The molecule has 4 aromatic rings. The van der Waals surface area contributed by atoms with Crippen molar-refractivity contribution in [3.8, 4) is 0 Å². The number of hydrogen-bond donors (Lipinski definition) is 1. The van der Waals surface area contributed by atoms with Crippen molar-refractivity contribution in [2.45, 2.75) is 50.4 Å². The first kappa shape index (κ1) is 25.7. The third-order valence-corrected chi connectivity index (χ3v) is 7.86. The molecule has 1 aromatic heterocycles. The Hall–Kier alpha value is -4.58. The second-order valence-electron chi connectivity index (χ2n) is 10.5. The molecule has 2 aliphatic rings. The van der Waals surface area contributed by atoms with Gasteiger partial charge in [-0.05, 0) is 41.5 Å². The number of Topliss-reactive ketones (excluding diaryl/α,β-unsaturated/α-hetero) is 2. The molecule has 0 bridgehead atoms. The topological polar surface area (TPSA) is 92.8 Å². The molecular weight excluding hydrogens is 500 g/mol. The normalized spacial score (nSPS) is 21.4. The van der Waals surface area contributed by atoms with Crippen LogP contribution in [0.25, 0.3) is 0 Å². The number of nitrogens with zero attached hydrogens (tertiary/aromatic N) is 2. The second-order valence-corrected chi connectivity index (χ2v) is 10.5. The fraction of sp³-hybridized carbons (Fsp3) is 0.235. The van der Waals surface area contributed by atoms with Gasteiger partial charge in [0, 0.05) is 32.1 Å². The summed E-state index contributed by atoms with van der Waals surface area (Å²) in [6, 6.07) is 29.4. The lowest BCUT2D eigenvalue weighted by Crippen LogP contribution is -2.26. The van der Waals surface area contributed by atoms with E-state index in [1.807, 2.05) is 91.0 Å². The van der Waals surface area contributed by atoms with Crippen LogP contribution in [0.4, 0.5) is 5.69 Å². The van der Waals surface area contributed by atoms with Crippen molar-refractivity contribution in [3.63, 3.8) is 0 Å². The van der Waals surface area contributed by atoms with Crippen molar-refractivity contribution >= 4 is 23.0 Å². The summed E-state index contributed by atoms with van der Waals surface area (Å²) in [6.45, 7) is 0. The minimum atomic E-state index is -0.128. The van der Waals surface area contributed by atoms with Gasteiger partial charge in [0.05, 0.1) is 28.2 Å². The zero-order chi connectivity index (χ0) is 27.5. The van der Waals surface area contributed by atoms with Crippen LogP contribution in [-0.4, -0.2) is 27.5 Å². The van der Waals surface area contributed by atoms with E-state index in [2.05, 4.69) is 5.16 Å². The maximum Gasteiger partial charge on any atom is 0.168 e. The first-order valence-electron chi connectivity index (χ1n) is 13.8. The number of allylic oxidation sites excluding steroid dienone is 2. The number of rotatable bonds is 6. The molecule has 0 spiro atoms. The van der Waals surface area contributed by atoms with Crippen LogP contribution in [0.15, 0.2) is 112 Å². The maximum absolute atomic E-state index is 13.5. The van der Waals surface area contributed by atoms with E-state index in [4.69, 9.17) is 9.52 Å². The van der Waals surface area contributed by atoms with Crippen LogP contribution < -0.4 is 0 Å². The molecule has 0 amide bonds. The number of para-hydroxylation sites is 1. The van der Waals surface area contributed by atoms with Crippen molar-refractivity contribution in [2.24, 2.45) is 4.99 Å². The molecule has 2 atom stereocenters. The summed E-state index contributed by atoms with van der Waals surface area (Å²) in [6.07, 6.45) is 2.31. The summed E-state index contributed by atoms with van der Waals surface area (Å²) in [5.41, 5.74) is 4.84. The number of aliphatic imine (C=N–C) groups is 1. The van der Waals surface area contributed by atoms with Gasteiger partial charge in [-0.25, -0.2) is 0 Å². The maximum atomic E-state index is 13.5. The predicted octanol–water partition coefficient (Wildman–Crippen LogP) is 7.25. The van der Waals surface area contributed by atoms with E-state index in [1.165, 1.54) is 0 Å². The highest BCUT2D eigenvalue weighted by Gasteiger charge is 2.34. The standard InChI is InChI=1S/C34H30N2O4/c37-29(17-16-27-34-31(39)20-25(21-32(34)40-36-27)23-12-6-2-7-13-23)33-28(35-26-14-8-3-9-15-26)18-24(19-30(33)38)22-10-4-1-5-11-22/h1-15,24-25,37H,16-21H2. The van der Waals surface area contributed by atoms with Gasteiger partial charge in [0.1, 0.15) is 11.5 Å². The summed E-state index contributed by atoms with van der Waals surface area (Å²) >= 11 is 0. The average molecular weight is 531 g/mol. The number of benzene rings is 3. The summed E-state index contributed by atoms with van der Waals surface area (Å²) in [4.78, 5) is 31.4. The molecular formula is C34H30N2O4. The number of carbonyl (C=O) groups is 2. The van der Waals surface area contributed by atoms with Gasteiger partial charge >= 0.3 is 0 Å². The van der Waals surface area contributed by atoms with Crippen LogP contribution in [-0.2, 0) is 17.6 Å². The van der Waals surface area contributed by atoms with Gasteiger partial charge < -0.3 is 9.63 Å². The van der Waals surface area contributed by atoms with Gasteiger partial charge in [-0.2, -0.15) is 0 Å². The Bertz CT molecular complexity index is 1590. The second kappa shape index (κ2) is 11.3. The quantitative estimate of drug-likeness (QED) is 0.209. The zero-order valence-corrected chi connectivity index (χ0v) is 22.1. The number of ketones is 2. The fourth-order valence-corrected chi connectivity index (χ4v) is 5.88. The van der Waals surface area contributed by atoms with Gasteiger partial charge in [-0.3, -0.25) is 14.6 Å². The highest BCUT2D eigenvalue weighted by atomic mass is 16.5. The van der Waals surface area contributed by atoms with Gasteiger partial charge in [-0.1, -0.05) is 84.0 Å². The lowest BCUT2D eigenvalue weighted by Gasteiger charge is -2.26. The number of aromatic nitrogens is 1. The van der Waals surface area contributed by atoms with Crippen molar-refractivity contribution in [2.75, 3.05) is 0 Å². The monoisotopic (exact) mass is 530 g/mol. The average Bonchev–Trinajstić information content (AvgIpc) is 3.41. The van der Waals surface area contributed by atoms with Crippen LogP contribution >= 0.6 is 0 Å². The van der Waals surface area contributed by atoms with Crippen molar-refractivity contribution in [3.05, 3.63) is 130 Å².